The summed E-state index contributed by atoms with van der Waals surface area (Å²) in [6.07, 6.45) is -4.08. The molecule has 0 fully saturated rings. The zero-order valence-electron chi connectivity index (χ0n) is 28.2. The predicted octanol–water partition coefficient (Wildman–Crippen LogP) is 5.95. The molecule has 1 aliphatic carbocycles. The van der Waals surface area contributed by atoms with E-state index in [2.05, 4.69) is 88.4 Å². The molecule has 0 bridgehead atoms. The molecule has 0 spiro atoms. The summed E-state index contributed by atoms with van der Waals surface area (Å²) in [6, 6.07) is 34.2. The van der Waals surface area contributed by atoms with Gasteiger partial charge in [0.15, 0.2) is 0 Å². The average Bonchev–Trinajstić information content (AvgIpc) is 3.69. The van der Waals surface area contributed by atoms with Gasteiger partial charge in [0, 0.05) is 0 Å². The number of fused-ring (bicyclic) bond motifs is 3. The van der Waals surface area contributed by atoms with Crippen molar-refractivity contribution in [3.05, 3.63) is 160 Å². The molecule has 0 amide bonds. The zero-order valence-corrected chi connectivity index (χ0v) is 32.2. The smallest absolute Gasteiger partial charge is 0.0253 e. The van der Waals surface area contributed by atoms with E-state index >= 15 is 0 Å². The van der Waals surface area contributed by atoms with Crippen LogP contribution >= 0.6 is 0 Å². The molecule has 0 aromatic heterocycles. The van der Waals surface area contributed by atoms with Crippen LogP contribution in [0.25, 0.3) is 11.1 Å². The van der Waals surface area contributed by atoms with Crippen molar-refractivity contribution in [1.29, 1.82) is 0 Å². The third-order valence-electron chi connectivity index (χ3n) is 8.08. The minimum Gasteiger partial charge on any atom is -1.00 e. The third-order valence-corrected chi connectivity index (χ3v) is 9.50. The largest absolute Gasteiger partial charge is 1.00 e. The molecule has 0 aliphatic heterocycles. The summed E-state index contributed by atoms with van der Waals surface area (Å²) in [6.45, 7) is 9.05. The fraction of sp³-hybridized carbons (Fsp3) is 0.268. The van der Waals surface area contributed by atoms with Crippen LogP contribution in [0.15, 0.2) is 109 Å². The monoisotopic (exact) mass is 804 g/mol. The fourth-order valence-corrected chi connectivity index (χ4v) is 6.13. The van der Waals surface area contributed by atoms with Gasteiger partial charge in [-0.25, -0.2) is 6.07 Å². The van der Waals surface area contributed by atoms with Gasteiger partial charge < -0.3 is 24.8 Å². The first-order valence-corrected chi connectivity index (χ1v) is 17.1. The van der Waals surface area contributed by atoms with Gasteiger partial charge in [-0.15, -0.1) is 5.56 Å². The van der Waals surface area contributed by atoms with Crippen LogP contribution in [0.3, 0.4) is 0 Å². The first-order chi connectivity index (χ1) is 22.6. The van der Waals surface area contributed by atoms with Crippen molar-refractivity contribution in [3.8, 4) is 11.1 Å². The first-order valence-electron chi connectivity index (χ1n) is 15.9. The van der Waals surface area contributed by atoms with E-state index in [1.165, 1.54) is 76.9 Å². The van der Waals surface area contributed by atoms with Gasteiger partial charge in [0.1, 0.15) is 0 Å². The molecular formula is C41H38Cl2F6Zr-2. The molecule has 5 aromatic rings. The van der Waals surface area contributed by atoms with E-state index in [9.17, 15) is 26.3 Å². The van der Waals surface area contributed by atoms with Crippen molar-refractivity contribution in [2.75, 3.05) is 0 Å². The van der Waals surface area contributed by atoms with Gasteiger partial charge in [-0.05, 0) is 6.42 Å². The Labute approximate surface area is 318 Å². The Morgan fingerprint density at radius 2 is 1.28 bits per heavy atom. The number of aryl methyl sites for hydroxylation is 1. The molecule has 6 rings (SSSR count). The quantitative estimate of drug-likeness (QED) is 0.149. The third kappa shape index (κ3) is 11.9. The Morgan fingerprint density at radius 1 is 0.720 bits per heavy atom. The Hall–Kier alpha value is -2.86. The SMILES string of the molecule is CCCCc1cc(C(C)(C)C)c[cH-]1.FC(F)(F)c1cccc([C](=[Zr+2])c2cccc(C(F)(F)F)c2)c1.[Cl-].[Cl-].[c-]1cccc2c1Cc1ccccc1-2. The molecule has 0 unspecified atom stereocenters. The number of halogens is 8. The van der Waals surface area contributed by atoms with Crippen LogP contribution in [-0.2, 0) is 54.8 Å². The minimum absolute atomic E-state index is 0. The second-order valence-electron chi connectivity index (χ2n) is 12.8. The molecule has 0 radical (unpaired) electrons. The summed E-state index contributed by atoms with van der Waals surface area (Å²) in [5.41, 5.74) is 7.69. The molecule has 9 heteroatoms. The maximum atomic E-state index is 12.7. The zero-order chi connectivity index (χ0) is 35.1. The van der Waals surface area contributed by atoms with Crippen LogP contribution in [0.1, 0.15) is 85.0 Å². The van der Waals surface area contributed by atoms with Gasteiger partial charge >= 0.3 is 137 Å². The Kier molecular flexibility index (Phi) is 16.1. The van der Waals surface area contributed by atoms with Gasteiger partial charge in [-0.1, -0.05) is 87.8 Å². The summed E-state index contributed by atoms with van der Waals surface area (Å²) >= 11 is 0.729. The molecule has 264 valence electrons. The first kappa shape index (κ1) is 43.3. The number of hydrogen-bond acceptors (Lipinski definition) is 0. The van der Waals surface area contributed by atoms with Crippen LogP contribution in [0.4, 0.5) is 26.3 Å². The van der Waals surface area contributed by atoms with E-state index in [1.54, 1.807) is 0 Å². The van der Waals surface area contributed by atoms with Crippen LogP contribution in [0.2, 0.25) is 0 Å². The minimum atomic E-state index is -4.49. The number of unbranched alkanes of at least 4 members (excludes halogenated alkanes) is 1. The van der Waals surface area contributed by atoms with E-state index in [-0.39, 0.29) is 35.9 Å². The maximum Gasteiger partial charge on any atom is -0.0253 e. The average molecular weight is 807 g/mol. The van der Waals surface area contributed by atoms with Crippen LogP contribution < -0.4 is 24.8 Å². The molecule has 0 saturated carbocycles. The molecule has 0 saturated heterocycles. The van der Waals surface area contributed by atoms with E-state index in [0.29, 0.717) is 8.62 Å². The Balaban J connectivity index is 0.000000268. The molecule has 0 atom stereocenters. The number of hydrogen-bond donors (Lipinski definition) is 0. The van der Waals surface area contributed by atoms with Gasteiger partial charge in [0.2, 0.25) is 0 Å². The number of benzene rings is 4. The van der Waals surface area contributed by atoms with E-state index in [1.807, 2.05) is 6.07 Å². The predicted molar refractivity (Wildman–Crippen MR) is 179 cm³/mol. The molecule has 0 nitrogen and oxygen atoms in total. The van der Waals surface area contributed by atoms with Gasteiger partial charge in [0.05, 0.1) is 0 Å². The van der Waals surface area contributed by atoms with Crippen molar-refractivity contribution in [1.82, 2.24) is 0 Å². The Morgan fingerprint density at radius 3 is 1.80 bits per heavy atom. The van der Waals surface area contributed by atoms with Gasteiger partial charge in [0.25, 0.3) is 0 Å². The fourth-order valence-electron chi connectivity index (χ4n) is 5.36. The summed E-state index contributed by atoms with van der Waals surface area (Å²) in [5.74, 6) is 0. The second kappa shape index (κ2) is 18.6. The van der Waals surface area contributed by atoms with Gasteiger partial charge in [-0.3, -0.25) is 0 Å². The number of rotatable bonds is 5. The number of alkyl halides is 6. The molecule has 0 heterocycles. The molecule has 0 N–H and O–H groups in total. The van der Waals surface area contributed by atoms with Gasteiger partial charge in [-0.2, -0.15) is 53.1 Å². The van der Waals surface area contributed by atoms with E-state index in [4.69, 9.17) is 0 Å². The maximum absolute atomic E-state index is 12.7. The topological polar surface area (TPSA) is 0 Å². The molecule has 1 aliphatic rings. The summed E-state index contributed by atoms with van der Waals surface area (Å²) in [5, 5.41) is 0. The molecule has 5 aromatic carbocycles. The van der Waals surface area contributed by atoms with Crippen molar-refractivity contribution in [2.45, 2.75) is 71.1 Å². The summed E-state index contributed by atoms with van der Waals surface area (Å²) in [7, 11) is 0. The standard InChI is InChI=1S/C15H8F6.C13H9.C13H21.2ClH.Zr/c16-14(17,18)12-5-1-3-10(8-12)7-11-4-2-6-13(9-11)15(19,20)21;1-3-7-12-10(5-1)9-11-6-2-4-8-13(11)12;1-5-6-7-11-8-9-12(10-11)13(2,3)4;;;/h1-6,8-9H;1-5,7-8H,9H2;8-10H,5-7H2,1-4H3;2*1H;/q;2*-1;;;+2/p-2. The van der Waals surface area contributed by atoms with E-state index in [0.717, 1.165) is 54.9 Å². The molecular weight excluding hydrogens is 769 g/mol. The van der Waals surface area contributed by atoms with E-state index < -0.39 is 23.5 Å². The second-order valence-corrected chi connectivity index (χ2v) is 14.0. The van der Waals surface area contributed by atoms with Crippen molar-refractivity contribution in [3.63, 3.8) is 0 Å². The van der Waals surface area contributed by atoms with Crippen molar-refractivity contribution >= 4 is 3.21 Å². The summed E-state index contributed by atoms with van der Waals surface area (Å²) < 4.78 is 76.7. The van der Waals surface area contributed by atoms with Crippen LogP contribution in [0, 0.1) is 6.07 Å². The van der Waals surface area contributed by atoms with Crippen LogP contribution in [0.5, 0.6) is 0 Å². The van der Waals surface area contributed by atoms with Crippen LogP contribution in [-0.4, -0.2) is 3.21 Å². The van der Waals surface area contributed by atoms with Crippen molar-refractivity contribution in [2.24, 2.45) is 0 Å². The Bertz CT molecular complexity index is 1730. The molecule has 50 heavy (non-hydrogen) atoms. The normalized spacial score (nSPS) is 11.8. The summed E-state index contributed by atoms with van der Waals surface area (Å²) in [4.78, 5) is 0. The van der Waals surface area contributed by atoms with Crippen molar-refractivity contribution < 1.29 is 75.4 Å².